The van der Waals surface area contributed by atoms with Gasteiger partial charge in [0.2, 0.25) is 0 Å². The molecular formula is C32H40S2Si. The molecule has 0 radical (unpaired) electrons. The molecule has 0 nitrogen and oxygen atoms in total. The standard InChI is InChI=1S/C32H40S2Si/c1-19-17-25-27(23-13-9-7-10-14-23)21(3)33-29(25)31(19)35(5,6)32-20(2)18-26-28(22(4)34-30(26)32)24-15-11-8-12-16-24/h7-16,19-20,25-26,29-32H,17-18H2,1-6H3. The van der Waals surface area contributed by atoms with Crippen LogP contribution >= 0.6 is 23.5 Å². The first-order valence-corrected chi connectivity index (χ1v) is 18.6. The van der Waals surface area contributed by atoms with Gasteiger partial charge in [-0.3, -0.25) is 0 Å². The smallest absolute Gasteiger partial charge is 0.0564 e. The van der Waals surface area contributed by atoms with Gasteiger partial charge < -0.3 is 0 Å². The molecule has 2 fully saturated rings. The summed E-state index contributed by atoms with van der Waals surface area (Å²) in [6.45, 7) is 15.6. The van der Waals surface area contributed by atoms with Gasteiger partial charge in [-0.25, -0.2) is 0 Å². The first kappa shape index (κ1) is 24.2. The van der Waals surface area contributed by atoms with E-state index in [-0.39, 0.29) is 0 Å². The van der Waals surface area contributed by atoms with Gasteiger partial charge in [0.05, 0.1) is 8.07 Å². The van der Waals surface area contributed by atoms with Gasteiger partial charge in [-0.05, 0) is 93.5 Å². The topological polar surface area (TPSA) is 0 Å². The number of fused-ring (bicyclic) bond motifs is 2. The van der Waals surface area contributed by atoms with Crippen molar-refractivity contribution in [1.82, 2.24) is 0 Å². The fourth-order valence-electron chi connectivity index (χ4n) is 9.05. The fourth-order valence-corrected chi connectivity index (χ4v) is 20.6. The number of allylic oxidation sites excluding steroid dienone is 4. The Kier molecular flexibility index (Phi) is 6.22. The van der Waals surface area contributed by atoms with Crippen LogP contribution in [0.1, 0.15) is 51.7 Å². The molecule has 0 amide bonds. The van der Waals surface area contributed by atoms with E-state index in [1.54, 1.807) is 21.0 Å². The quantitative estimate of drug-likeness (QED) is 0.371. The van der Waals surface area contributed by atoms with Crippen molar-refractivity contribution >= 4 is 42.7 Å². The second-order valence-electron chi connectivity index (χ2n) is 12.3. The highest BCUT2D eigenvalue weighted by Gasteiger charge is 2.60. The third kappa shape index (κ3) is 3.78. The second-order valence-corrected chi connectivity index (χ2v) is 20.1. The summed E-state index contributed by atoms with van der Waals surface area (Å²) in [5, 5.41) is 1.59. The van der Waals surface area contributed by atoms with E-state index in [2.05, 4.69) is 125 Å². The summed E-state index contributed by atoms with van der Waals surface area (Å²) >= 11 is 4.52. The van der Waals surface area contributed by atoms with E-state index in [9.17, 15) is 0 Å². The van der Waals surface area contributed by atoms with Crippen molar-refractivity contribution in [2.24, 2.45) is 23.7 Å². The van der Waals surface area contributed by atoms with E-state index in [0.29, 0.717) is 0 Å². The Balaban J connectivity index is 1.30. The van der Waals surface area contributed by atoms with Crippen molar-refractivity contribution in [3.05, 3.63) is 81.6 Å². The molecule has 0 saturated heterocycles. The van der Waals surface area contributed by atoms with Crippen molar-refractivity contribution in [3.63, 3.8) is 0 Å². The largest absolute Gasteiger partial charge is 0.127 e. The van der Waals surface area contributed by atoms with Gasteiger partial charge in [-0.15, -0.1) is 23.5 Å². The molecule has 3 heteroatoms. The predicted octanol–water partition coefficient (Wildman–Crippen LogP) is 9.84. The van der Waals surface area contributed by atoms with Crippen molar-refractivity contribution < 1.29 is 0 Å². The Morgan fingerprint density at radius 2 is 1.00 bits per heavy atom. The summed E-state index contributed by atoms with van der Waals surface area (Å²) in [5.74, 6) is 3.17. The van der Waals surface area contributed by atoms with Crippen LogP contribution in [0, 0.1) is 23.7 Å². The van der Waals surface area contributed by atoms with Crippen LogP contribution in [0.25, 0.3) is 11.1 Å². The molecule has 8 unspecified atom stereocenters. The normalized spacial score (nSPS) is 36.7. The maximum Gasteiger partial charge on any atom is 0.0564 e. The molecule has 0 N–H and O–H groups in total. The Labute approximate surface area is 222 Å². The third-order valence-electron chi connectivity index (χ3n) is 9.99. The SMILES string of the molecule is CC1=C(c2ccccc2)C2CC(C)C([Si](C)(C)C3C(C)CC4C(c5ccccc5)=C(C)SC43)C2S1. The van der Waals surface area contributed by atoms with Crippen molar-refractivity contribution in [2.75, 3.05) is 0 Å². The third-order valence-corrected chi connectivity index (χ3v) is 18.7. The zero-order valence-electron chi connectivity index (χ0n) is 22.1. The monoisotopic (exact) mass is 516 g/mol. The summed E-state index contributed by atoms with van der Waals surface area (Å²) in [6, 6.07) is 22.6. The van der Waals surface area contributed by atoms with Crippen LogP contribution in [0.15, 0.2) is 70.5 Å². The first-order valence-electron chi connectivity index (χ1n) is 13.6. The molecule has 4 aliphatic rings. The van der Waals surface area contributed by atoms with Gasteiger partial charge >= 0.3 is 0 Å². The van der Waals surface area contributed by atoms with Gasteiger partial charge in [-0.1, -0.05) is 87.6 Å². The molecule has 6 rings (SSSR count). The molecule has 184 valence electrons. The van der Waals surface area contributed by atoms with E-state index in [4.69, 9.17) is 0 Å². The summed E-state index contributed by atoms with van der Waals surface area (Å²) in [4.78, 5) is 3.20. The van der Waals surface area contributed by atoms with Crippen LogP contribution in [0.2, 0.25) is 24.2 Å². The lowest BCUT2D eigenvalue weighted by molar-refractivity contribution is 0.545. The van der Waals surface area contributed by atoms with Crippen LogP contribution in [-0.2, 0) is 0 Å². The van der Waals surface area contributed by atoms with Crippen LogP contribution < -0.4 is 0 Å². The van der Waals surface area contributed by atoms with Crippen LogP contribution in [0.4, 0.5) is 0 Å². The molecule has 2 aromatic carbocycles. The molecule has 0 bridgehead atoms. The molecule has 8 atom stereocenters. The van der Waals surface area contributed by atoms with Gasteiger partial charge in [0.15, 0.2) is 0 Å². The molecule has 2 saturated carbocycles. The van der Waals surface area contributed by atoms with Crippen molar-refractivity contribution in [2.45, 2.75) is 75.2 Å². The zero-order valence-corrected chi connectivity index (χ0v) is 24.8. The molecule has 2 aromatic rings. The van der Waals surface area contributed by atoms with E-state index in [1.807, 2.05) is 0 Å². The second kappa shape index (κ2) is 8.99. The number of hydrogen-bond acceptors (Lipinski definition) is 2. The maximum atomic E-state index is 2.80. The van der Waals surface area contributed by atoms with E-state index in [1.165, 1.54) is 24.0 Å². The van der Waals surface area contributed by atoms with Crippen molar-refractivity contribution in [3.8, 4) is 0 Å². The maximum absolute atomic E-state index is 2.80. The molecule has 35 heavy (non-hydrogen) atoms. The summed E-state index contributed by atoms with van der Waals surface area (Å²) in [6.07, 6.45) is 2.77. The number of benzene rings is 2. The van der Waals surface area contributed by atoms with E-state index < -0.39 is 8.07 Å². The lowest BCUT2D eigenvalue weighted by atomic mass is 9.90. The summed E-state index contributed by atoms with van der Waals surface area (Å²) in [5.41, 5.74) is 8.12. The molecule has 0 aromatic heterocycles. The van der Waals surface area contributed by atoms with Gasteiger partial charge in [0.1, 0.15) is 0 Å². The average molecular weight is 517 g/mol. The molecule has 2 heterocycles. The number of thioether (sulfide) groups is 2. The fraction of sp³-hybridized carbons (Fsp3) is 0.500. The minimum absolute atomic E-state index is 0.748. The van der Waals surface area contributed by atoms with Crippen LogP contribution in [0.3, 0.4) is 0 Å². The minimum Gasteiger partial charge on any atom is -0.127 e. The lowest BCUT2D eigenvalue weighted by Crippen LogP contribution is -2.47. The highest BCUT2D eigenvalue weighted by atomic mass is 32.2. The summed E-state index contributed by atoms with van der Waals surface area (Å²) in [7, 11) is -1.55. The number of hydrogen-bond donors (Lipinski definition) is 0. The van der Waals surface area contributed by atoms with Crippen LogP contribution in [0.5, 0.6) is 0 Å². The minimum atomic E-state index is -1.55. The molecule has 0 spiro atoms. The van der Waals surface area contributed by atoms with Gasteiger partial charge in [0.25, 0.3) is 0 Å². The lowest BCUT2D eigenvalue weighted by Gasteiger charge is -2.44. The predicted molar refractivity (Wildman–Crippen MR) is 160 cm³/mol. The Morgan fingerprint density at radius 1 is 0.629 bits per heavy atom. The first-order chi connectivity index (χ1) is 16.8. The Morgan fingerprint density at radius 3 is 1.37 bits per heavy atom. The number of rotatable bonds is 4. The highest BCUT2D eigenvalue weighted by Crippen LogP contribution is 2.68. The van der Waals surface area contributed by atoms with Crippen LogP contribution in [-0.4, -0.2) is 18.6 Å². The molecular weight excluding hydrogens is 477 g/mol. The van der Waals surface area contributed by atoms with E-state index in [0.717, 1.165) is 45.3 Å². The molecule has 2 aliphatic heterocycles. The highest BCUT2D eigenvalue weighted by molar-refractivity contribution is 8.04. The Hall–Kier alpha value is -1.16. The van der Waals surface area contributed by atoms with Crippen molar-refractivity contribution in [1.29, 1.82) is 0 Å². The average Bonchev–Trinajstić information content (AvgIpc) is 3.50. The van der Waals surface area contributed by atoms with Gasteiger partial charge in [0, 0.05) is 10.5 Å². The van der Waals surface area contributed by atoms with Gasteiger partial charge in [-0.2, -0.15) is 0 Å². The zero-order chi connectivity index (χ0) is 24.5. The summed E-state index contributed by atoms with van der Waals surface area (Å²) < 4.78 is 0. The Bertz CT molecular complexity index is 1070. The molecule has 2 aliphatic carbocycles. The van der Waals surface area contributed by atoms with E-state index >= 15 is 0 Å².